The Bertz CT molecular complexity index is 1260. The fraction of sp³-hybridized carbons (Fsp3) is 0.769. The number of nitrogens with one attached hydrogen (secondary N) is 1. The van der Waals surface area contributed by atoms with Crippen molar-refractivity contribution < 1.29 is 47.3 Å². The molecule has 0 bridgehead atoms. The molecule has 53 heavy (non-hydrogen) atoms. The minimum atomic E-state index is -0.266. The van der Waals surface area contributed by atoms with E-state index in [9.17, 15) is 4.79 Å². The predicted octanol–water partition coefficient (Wildman–Crippen LogP) is 7.23. The lowest BCUT2D eigenvalue weighted by molar-refractivity contribution is -0.193. The van der Waals surface area contributed by atoms with Gasteiger partial charge < -0.3 is 33.6 Å². The Morgan fingerprint density at radius 1 is 0.774 bits per heavy atom. The summed E-state index contributed by atoms with van der Waals surface area (Å²) in [5.41, 5.74) is 0.122. The molecule has 298 valence electrons. The van der Waals surface area contributed by atoms with Gasteiger partial charge in [0.2, 0.25) is 0 Å². The summed E-state index contributed by atoms with van der Waals surface area (Å²) in [5, 5.41) is 3.51. The van der Waals surface area contributed by atoms with Crippen LogP contribution in [0, 0.1) is 11.8 Å². The van der Waals surface area contributed by atoms with Gasteiger partial charge in [0.05, 0.1) is 22.4 Å². The van der Waals surface area contributed by atoms with Crippen molar-refractivity contribution in [2.45, 2.75) is 169 Å². The number of ether oxygens (including phenoxy) is 1. The van der Waals surface area contributed by atoms with Gasteiger partial charge in [0, 0.05) is 18.6 Å². The van der Waals surface area contributed by atoms with Gasteiger partial charge in [-0.2, -0.15) is 19.2 Å². The van der Waals surface area contributed by atoms with Gasteiger partial charge >= 0.3 is 32.6 Å². The number of benzene rings is 1. The normalized spacial score (nSPS) is 25.6. The highest BCUT2D eigenvalue weighted by Gasteiger charge is 2.51. The topological polar surface area (TPSA) is 147 Å². The molecule has 1 amide bonds. The van der Waals surface area contributed by atoms with E-state index in [2.05, 4.69) is 74.6 Å². The number of amides is 1. The highest BCUT2D eigenvalue weighted by Crippen LogP contribution is 2.40. The van der Waals surface area contributed by atoms with E-state index in [0.29, 0.717) is 18.6 Å². The maximum absolute atomic E-state index is 12.5. The van der Waals surface area contributed by atoms with Crippen LogP contribution in [0.5, 0.6) is 0 Å². The van der Waals surface area contributed by atoms with E-state index in [1.807, 2.05) is 35.2 Å². The van der Waals surface area contributed by atoms with Crippen LogP contribution in [-0.4, -0.2) is 85.1 Å². The number of rotatable bonds is 10. The number of carbonyl (C=O) groups excluding carboxylic acids is 5. The average Bonchev–Trinajstić information content (AvgIpc) is 3.75. The predicted molar refractivity (Wildman–Crippen MR) is 203 cm³/mol. The van der Waals surface area contributed by atoms with Crippen LogP contribution in [0.25, 0.3) is 0 Å². The Labute approximate surface area is 319 Å². The third kappa shape index (κ3) is 14.4. The van der Waals surface area contributed by atoms with Crippen LogP contribution in [0.4, 0.5) is 4.79 Å². The summed E-state index contributed by atoms with van der Waals surface area (Å²) in [4.78, 5) is 46.8. The van der Waals surface area contributed by atoms with Gasteiger partial charge in [-0.25, -0.2) is 4.79 Å². The fourth-order valence-corrected chi connectivity index (χ4v) is 7.02. The Kier molecular flexibility index (Phi) is 19.9. The molecule has 1 aromatic carbocycles. The van der Waals surface area contributed by atoms with Gasteiger partial charge in [-0.15, -0.1) is 0 Å². The summed E-state index contributed by atoms with van der Waals surface area (Å²) >= 11 is 0. The summed E-state index contributed by atoms with van der Waals surface area (Å²) in [5.74, 6) is 1.35. The van der Waals surface area contributed by atoms with E-state index in [0.717, 1.165) is 49.9 Å². The van der Waals surface area contributed by atoms with E-state index in [4.69, 9.17) is 42.5 Å². The molecule has 14 heteroatoms. The zero-order chi connectivity index (χ0) is 39.2. The Balaban J connectivity index is 0.000000483. The zero-order valence-corrected chi connectivity index (χ0v) is 33.2. The number of likely N-dealkylation sites (tertiary alicyclic amines) is 1. The lowest BCUT2D eigenvalue weighted by atomic mass is 9.80. The van der Waals surface area contributed by atoms with Crippen molar-refractivity contribution in [3.05, 3.63) is 35.9 Å². The van der Waals surface area contributed by atoms with Crippen LogP contribution in [-0.2, 0) is 49.1 Å². The van der Waals surface area contributed by atoms with Crippen molar-refractivity contribution in [2.24, 2.45) is 11.8 Å². The third-order valence-electron chi connectivity index (χ3n) is 11.7. The molecular formula is C39H66B2N2O10. The van der Waals surface area contributed by atoms with Crippen molar-refractivity contribution in [1.29, 1.82) is 0 Å². The largest absolute Gasteiger partial charge is 0.457 e. The molecule has 0 spiro atoms. The van der Waals surface area contributed by atoms with Gasteiger partial charge in [-0.05, 0) is 132 Å². The van der Waals surface area contributed by atoms with Crippen LogP contribution >= 0.6 is 0 Å². The van der Waals surface area contributed by atoms with Crippen molar-refractivity contribution >= 4 is 32.6 Å². The zero-order valence-electron chi connectivity index (χ0n) is 33.2. The molecular weight excluding hydrogens is 678 g/mol. The molecule has 0 aliphatic carbocycles. The molecule has 12 nitrogen and oxygen atoms in total. The first kappa shape index (κ1) is 48.2. The van der Waals surface area contributed by atoms with E-state index < -0.39 is 0 Å². The summed E-state index contributed by atoms with van der Waals surface area (Å²) in [6.07, 6.45) is 9.18. The van der Waals surface area contributed by atoms with E-state index in [-0.39, 0.29) is 68.5 Å². The monoisotopic (exact) mass is 744 g/mol. The quantitative estimate of drug-likeness (QED) is 0.242. The Morgan fingerprint density at radius 2 is 1.21 bits per heavy atom. The summed E-state index contributed by atoms with van der Waals surface area (Å²) < 4.78 is 29.7. The van der Waals surface area contributed by atoms with Gasteiger partial charge in [0.1, 0.15) is 6.61 Å². The second-order valence-corrected chi connectivity index (χ2v) is 16.2. The first-order valence-electron chi connectivity index (χ1n) is 18.7. The maximum Gasteiger partial charge on any atom is 0.457 e. The second-order valence-electron chi connectivity index (χ2n) is 16.2. The molecule has 4 unspecified atom stereocenters. The third-order valence-corrected chi connectivity index (χ3v) is 11.7. The smallest absolute Gasteiger partial charge is 0.445 e. The molecule has 4 atom stereocenters. The molecule has 4 aliphatic heterocycles. The lowest BCUT2D eigenvalue weighted by Gasteiger charge is -2.32. The summed E-state index contributed by atoms with van der Waals surface area (Å²) in [6, 6.07) is 10.7. The van der Waals surface area contributed by atoms with Crippen molar-refractivity contribution in [1.82, 2.24) is 10.2 Å². The van der Waals surface area contributed by atoms with Crippen LogP contribution in [0.3, 0.4) is 0 Å². The fourth-order valence-electron chi connectivity index (χ4n) is 7.02. The molecule has 1 N–H and O–H groups in total. The van der Waals surface area contributed by atoms with E-state index in [1.54, 1.807) is 0 Å². The maximum atomic E-state index is 12.5. The highest BCUT2D eigenvalue weighted by molar-refractivity contribution is 6.45. The molecule has 1 aromatic rings. The Morgan fingerprint density at radius 3 is 1.62 bits per heavy atom. The van der Waals surface area contributed by atoms with E-state index in [1.165, 1.54) is 25.8 Å². The molecule has 0 radical (unpaired) electrons. The van der Waals surface area contributed by atoms with Crippen molar-refractivity contribution in [2.75, 3.05) is 13.1 Å². The first-order chi connectivity index (χ1) is 24.3. The Hall–Kier alpha value is -2.82. The van der Waals surface area contributed by atoms with Crippen molar-refractivity contribution in [3.8, 4) is 0 Å². The van der Waals surface area contributed by atoms with Gasteiger partial charge in [-0.1, -0.05) is 50.6 Å². The second kappa shape index (κ2) is 21.9. The minimum absolute atomic E-state index is 0. The number of carbonyl (C=O) groups is 1. The van der Waals surface area contributed by atoms with Crippen molar-refractivity contribution in [3.63, 3.8) is 0 Å². The molecule has 4 heterocycles. The SMILES string of the molecule is C.CC1C(CCCB2OC(C)(C)C(C)(C)O2)CCN1C(=O)OCc1ccccc1.CC1NCCC1CCCB1OC(C)(C)C(C)(C)O1.O=C=O.O=C=O. The van der Waals surface area contributed by atoms with Gasteiger partial charge in [-0.3, -0.25) is 0 Å². The van der Waals surface area contributed by atoms with E-state index >= 15 is 0 Å². The molecule has 4 aliphatic rings. The standard InChI is InChI=1S/C22H34BNO4.C14H28BNO2.2CO2.CH4/c1-17-19(12-9-14-23-27-21(2,3)22(4,5)28-23)13-15-24(17)20(25)26-16-18-10-7-6-8-11-18;1-11-12(8-10-16-11)7-6-9-15-17-13(2,3)14(4,5)18-15;2*2-1-3;/h6-8,10-11,17,19H,9,12-16H2,1-5H3;11-12,16H,6-10H2,1-5H3;;;1H4. The van der Waals surface area contributed by atoms with Crippen LogP contribution in [0.1, 0.15) is 121 Å². The number of hydrogen-bond donors (Lipinski definition) is 1. The molecule has 0 saturated carbocycles. The first-order valence-corrected chi connectivity index (χ1v) is 18.7. The van der Waals surface area contributed by atoms with Crippen LogP contribution in [0.2, 0.25) is 12.6 Å². The summed E-state index contributed by atoms with van der Waals surface area (Å²) in [7, 11) is -0.145. The van der Waals surface area contributed by atoms with Gasteiger partial charge in [0.15, 0.2) is 0 Å². The van der Waals surface area contributed by atoms with Gasteiger partial charge in [0.25, 0.3) is 0 Å². The molecule has 0 aromatic heterocycles. The lowest BCUT2D eigenvalue weighted by Crippen LogP contribution is -2.41. The molecule has 4 saturated heterocycles. The minimum Gasteiger partial charge on any atom is -0.445 e. The average molecular weight is 745 g/mol. The highest BCUT2D eigenvalue weighted by atomic mass is 16.7. The van der Waals surface area contributed by atoms with Crippen LogP contribution in [0.15, 0.2) is 30.3 Å². The number of nitrogens with zero attached hydrogens (tertiary/aromatic N) is 1. The van der Waals surface area contributed by atoms with Crippen LogP contribution < -0.4 is 5.32 Å². The molecule has 4 fully saturated rings. The summed E-state index contributed by atoms with van der Waals surface area (Å²) in [6.45, 7) is 23.6. The molecule has 5 rings (SSSR count). The number of hydrogen-bond acceptors (Lipinski definition) is 11.